The number of unbranched alkanes of at least 4 members (excludes halogenated alkanes) is 2. The number of nitrogens with zero attached hydrogens (tertiary/aromatic N) is 3. The fourth-order valence-electron chi connectivity index (χ4n) is 3.67. The predicted molar refractivity (Wildman–Crippen MR) is 101 cm³/mol. The summed E-state index contributed by atoms with van der Waals surface area (Å²) in [6, 6.07) is 2.18. The Kier molecular flexibility index (Phi) is 6.25. The quantitative estimate of drug-likeness (QED) is 0.768. The number of fused-ring (bicyclic) bond motifs is 1. The Labute approximate surface area is 155 Å². The van der Waals surface area contributed by atoms with E-state index in [9.17, 15) is 4.79 Å². The van der Waals surface area contributed by atoms with Gasteiger partial charge in [-0.25, -0.2) is 9.50 Å². The zero-order valence-electron chi connectivity index (χ0n) is 16.1. The number of imidazole rings is 1. The van der Waals surface area contributed by atoms with Gasteiger partial charge in [0.15, 0.2) is 5.65 Å². The van der Waals surface area contributed by atoms with Gasteiger partial charge >= 0.3 is 0 Å². The first kappa shape index (κ1) is 18.8. The Morgan fingerprint density at radius 3 is 2.77 bits per heavy atom. The first-order valence-corrected chi connectivity index (χ1v) is 9.83. The first-order chi connectivity index (χ1) is 12.6. The standard InChI is InChI=1S/C20H30N4O2/c1-4-5-6-11-26-17-9-7-16(8-10-17)22-20(25)18-13-21-19-14(2)12-15(3)23-24(18)19/h12-13,16-17H,4-11H2,1-3H3,(H,22,25)/t16-,17-. The first-order valence-electron chi connectivity index (χ1n) is 9.83. The molecule has 0 saturated heterocycles. The molecule has 2 aromatic heterocycles. The van der Waals surface area contributed by atoms with E-state index in [2.05, 4.69) is 22.3 Å². The molecule has 1 aliphatic carbocycles. The molecule has 0 aromatic carbocycles. The van der Waals surface area contributed by atoms with Gasteiger partial charge in [0.2, 0.25) is 0 Å². The number of carbonyl (C=O) groups is 1. The van der Waals surface area contributed by atoms with E-state index < -0.39 is 0 Å². The minimum absolute atomic E-state index is 0.0951. The van der Waals surface area contributed by atoms with Gasteiger partial charge < -0.3 is 10.1 Å². The topological polar surface area (TPSA) is 68.5 Å². The molecule has 3 rings (SSSR count). The van der Waals surface area contributed by atoms with E-state index >= 15 is 0 Å². The second-order valence-electron chi connectivity index (χ2n) is 7.37. The van der Waals surface area contributed by atoms with Crippen LogP contribution in [0.25, 0.3) is 5.65 Å². The molecule has 0 unspecified atom stereocenters. The third kappa shape index (κ3) is 4.41. The number of aryl methyl sites for hydroxylation is 2. The second kappa shape index (κ2) is 8.62. The number of ether oxygens (including phenoxy) is 1. The molecule has 0 atom stereocenters. The fraction of sp³-hybridized carbons (Fsp3) is 0.650. The summed E-state index contributed by atoms with van der Waals surface area (Å²) in [4.78, 5) is 17.0. The lowest BCUT2D eigenvalue weighted by Gasteiger charge is -2.29. The summed E-state index contributed by atoms with van der Waals surface area (Å²) in [5, 5.41) is 7.60. The van der Waals surface area contributed by atoms with Crippen LogP contribution >= 0.6 is 0 Å². The highest BCUT2D eigenvalue weighted by Gasteiger charge is 2.24. The molecule has 1 N–H and O–H groups in total. The van der Waals surface area contributed by atoms with Crippen LogP contribution in [0, 0.1) is 13.8 Å². The number of aromatic nitrogens is 3. The van der Waals surface area contributed by atoms with Crippen LogP contribution in [0.2, 0.25) is 0 Å². The third-order valence-electron chi connectivity index (χ3n) is 5.12. The zero-order valence-corrected chi connectivity index (χ0v) is 16.1. The Bertz CT molecular complexity index is 748. The maximum Gasteiger partial charge on any atom is 0.271 e. The monoisotopic (exact) mass is 358 g/mol. The van der Waals surface area contributed by atoms with Crippen LogP contribution in [-0.4, -0.2) is 39.3 Å². The molecule has 6 nitrogen and oxygen atoms in total. The normalized spacial score (nSPS) is 20.4. The summed E-state index contributed by atoms with van der Waals surface area (Å²) in [7, 11) is 0. The zero-order chi connectivity index (χ0) is 18.5. The Balaban J connectivity index is 1.53. The van der Waals surface area contributed by atoms with Crippen LogP contribution in [0.4, 0.5) is 0 Å². The van der Waals surface area contributed by atoms with Crippen molar-refractivity contribution in [2.75, 3.05) is 6.61 Å². The van der Waals surface area contributed by atoms with E-state index in [1.807, 2.05) is 19.9 Å². The van der Waals surface area contributed by atoms with Crippen LogP contribution < -0.4 is 5.32 Å². The Morgan fingerprint density at radius 2 is 2.04 bits per heavy atom. The van der Waals surface area contributed by atoms with Crippen LogP contribution in [0.3, 0.4) is 0 Å². The summed E-state index contributed by atoms with van der Waals surface area (Å²) < 4.78 is 7.61. The highest BCUT2D eigenvalue weighted by atomic mass is 16.5. The van der Waals surface area contributed by atoms with Gasteiger partial charge in [0.25, 0.3) is 5.91 Å². The molecule has 1 fully saturated rings. The molecule has 1 amide bonds. The smallest absolute Gasteiger partial charge is 0.271 e. The van der Waals surface area contributed by atoms with Crippen LogP contribution in [0.5, 0.6) is 0 Å². The van der Waals surface area contributed by atoms with Gasteiger partial charge in [-0.15, -0.1) is 0 Å². The molecule has 1 saturated carbocycles. The van der Waals surface area contributed by atoms with Crippen LogP contribution in [0.1, 0.15) is 73.6 Å². The maximum absolute atomic E-state index is 12.7. The number of amides is 1. The molecule has 26 heavy (non-hydrogen) atoms. The number of carbonyl (C=O) groups excluding carboxylic acids is 1. The van der Waals surface area contributed by atoms with Gasteiger partial charge in [-0.05, 0) is 57.6 Å². The molecule has 1 aliphatic rings. The maximum atomic E-state index is 12.7. The summed E-state index contributed by atoms with van der Waals surface area (Å²) in [6.45, 7) is 6.98. The molecule has 0 radical (unpaired) electrons. The molecular formula is C20H30N4O2. The lowest BCUT2D eigenvalue weighted by atomic mass is 9.93. The van der Waals surface area contributed by atoms with Crippen molar-refractivity contribution in [1.82, 2.24) is 19.9 Å². The van der Waals surface area contributed by atoms with E-state index in [4.69, 9.17) is 4.74 Å². The summed E-state index contributed by atoms with van der Waals surface area (Å²) in [6.07, 6.45) is 9.53. The second-order valence-corrected chi connectivity index (χ2v) is 7.37. The summed E-state index contributed by atoms with van der Waals surface area (Å²) in [5.41, 5.74) is 3.15. The molecule has 0 spiro atoms. The molecule has 6 heteroatoms. The van der Waals surface area contributed by atoms with E-state index in [0.717, 1.165) is 55.6 Å². The number of hydrogen-bond donors (Lipinski definition) is 1. The van der Waals surface area contributed by atoms with Gasteiger partial charge in [0, 0.05) is 12.6 Å². The van der Waals surface area contributed by atoms with Gasteiger partial charge in [-0.3, -0.25) is 4.79 Å². The molecule has 2 heterocycles. The molecular weight excluding hydrogens is 328 g/mol. The molecule has 0 bridgehead atoms. The van der Waals surface area contributed by atoms with Crippen molar-refractivity contribution in [3.8, 4) is 0 Å². The van der Waals surface area contributed by atoms with E-state index in [0.29, 0.717) is 11.8 Å². The molecule has 0 aliphatic heterocycles. The van der Waals surface area contributed by atoms with Crippen LogP contribution in [0.15, 0.2) is 12.3 Å². The lowest BCUT2D eigenvalue weighted by molar-refractivity contribution is 0.0204. The van der Waals surface area contributed by atoms with Crippen molar-refractivity contribution in [3.05, 3.63) is 29.2 Å². The SMILES string of the molecule is CCCCCO[C@H]1CC[C@H](NC(=O)c2cnc3c(C)cc(C)nn23)CC1. The minimum atomic E-state index is -0.0951. The van der Waals surface area contributed by atoms with E-state index in [-0.39, 0.29) is 11.9 Å². The van der Waals surface area contributed by atoms with E-state index in [1.165, 1.54) is 12.8 Å². The molecule has 2 aromatic rings. The number of rotatable bonds is 7. The highest BCUT2D eigenvalue weighted by molar-refractivity contribution is 5.93. The lowest BCUT2D eigenvalue weighted by Crippen LogP contribution is -2.39. The number of nitrogens with one attached hydrogen (secondary N) is 1. The van der Waals surface area contributed by atoms with Crippen LogP contribution in [-0.2, 0) is 4.74 Å². The fourth-order valence-corrected chi connectivity index (χ4v) is 3.67. The van der Waals surface area contributed by atoms with Gasteiger partial charge in [-0.1, -0.05) is 19.8 Å². The van der Waals surface area contributed by atoms with Crippen molar-refractivity contribution in [1.29, 1.82) is 0 Å². The van der Waals surface area contributed by atoms with Crippen molar-refractivity contribution < 1.29 is 9.53 Å². The minimum Gasteiger partial charge on any atom is -0.378 e. The Hall–Kier alpha value is -1.95. The van der Waals surface area contributed by atoms with Crippen molar-refractivity contribution in [2.45, 2.75) is 77.9 Å². The summed E-state index contributed by atoms with van der Waals surface area (Å²) in [5.74, 6) is -0.0951. The average Bonchev–Trinajstić information content (AvgIpc) is 3.04. The summed E-state index contributed by atoms with van der Waals surface area (Å²) >= 11 is 0. The van der Waals surface area contributed by atoms with E-state index in [1.54, 1.807) is 10.7 Å². The third-order valence-corrected chi connectivity index (χ3v) is 5.12. The van der Waals surface area contributed by atoms with Gasteiger partial charge in [0.1, 0.15) is 5.69 Å². The van der Waals surface area contributed by atoms with Crippen molar-refractivity contribution in [2.24, 2.45) is 0 Å². The largest absolute Gasteiger partial charge is 0.378 e. The Morgan fingerprint density at radius 1 is 1.27 bits per heavy atom. The van der Waals surface area contributed by atoms with Crippen molar-refractivity contribution >= 4 is 11.6 Å². The van der Waals surface area contributed by atoms with Gasteiger partial charge in [-0.2, -0.15) is 5.10 Å². The number of hydrogen-bond acceptors (Lipinski definition) is 4. The van der Waals surface area contributed by atoms with Gasteiger partial charge in [0.05, 0.1) is 18.0 Å². The predicted octanol–water partition coefficient (Wildman–Crippen LogP) is 3.59. The molecule has 142 valence electrons. The van der Waals surface area contributed by atoms with Crippen molar-refractivity contribution in [3.63, 3.8) is 0 Å². The average molecular weight is 358 g/mol. The highest BCUT2D eigenvalue weighted by Crippen LogP contribution is 2.22.